The molecule has 1 unspecified atom stereocenters. The Labute approximate surface area is 113 Å². The monoisotopic (exact) mass is 264 g/mol. The zero-order valence-electron chi connectivity index (χ0n) is 11.8. The number of pyridine rings is 1. The highest BCUT2D eigenvalue weighted by atomic mass is 16.6. The Kier molecular flexibility index (Phi) is 3.39. The first kappa shape index (κ1) is 13.6. The van der Waals surface area contributed by atoms with Crippen LogP contribution < -0.4 is 4.73 Å². The van der Waals surface area contributed by atoms with Crippen molar-refractivity contribution in [1.82, 2.24) is 4.90 Å². The second-order valence-electron chi connectivity index (χ2n) is 5.84. The zero-order valence-corrected chi connectivity index (χ0v) is 11.8. The van der Waals surface area contributed by atoms with Gasteiger partial charge in [0.15, 0.2) is 11.9 Å². The zero-order chi connectivity index (χ0) is 14.2. The smallest absolute Gasteiger partial charge is 0.410 e. The maximum Gasteiger partial charge on any atom is 0.410 e. The first-order chi connectivity index (χ1) is 8.79. The summed E-state index contributed by atoms with van der Waals surface area (Å²) in [5.41, 5.74) is 1.14. The van der Waals surface area contributed by atoms with Gasteiger partial charge < -0.3 is 14.8 Å². The topological polar surface area (TPSA) is 56.5 Å². The van der Waals surface area contributed by atoms with E-state index < -0.39 is 5.60 Å². The standard InChI is InChI=1S/C14H20N2O3/c1-10-11-6-5-8-16(18)12(11)7-9-15(10)13(17)19-14(2,3)4/h5-6,8,10H,7,9H2,1-4H3. The van der Waals surface area contributed by atoms with Crippen LogP contribution in [-0.4, -0.2) is 23.1 Å². The molecule has 1 aliphatic rings. The third kappa shape index (κ3) is 2.80. The molecule has 0 aromatic carbocycles. The highest BCUT2D eigenvalue weighted by molar-refractivity contribution is 5.69. The first-order valence-electron chi connectivity index (χ1n) is 6.50. The van der Waals surface area contributed by atoms with Gasteiger partial charge in [-0.15, -0.1) is 0 Å². The molecule has 104 valence electrons. The molecule has 0 bridgehead atoms. The largest absolute Gasteiger partial charge is 0.618 e. The quantitative estimate of drug-likeness (QED) is 0.533. The first-order valence-corrected chi connectivity index (χ1v) is 6.50. The number of fused-ring (bicyclic) bond motifs is 1. The molecule has 1 amide bonds. The number of ether oxygens (including phenoxy) is 1. The third-order valence-electron chi connectivity index (χ3n) is 3.23. The SMILES string of the molecule is CC1c2ccc[n+]([O-])c2CCN1C(=O)OC(C)(C)C. The van der Waals surface area contributed by atoms with Crippen molar-refractivity contribution in [2.24, 2.45) is 0 Å². The van der Waals surface area contributed by atoms with Crippen molar-refractivity contribution in [2.75, 3.05) is 6.54 Å². The highest BCUT2D eigenvalue weighted by Crippen LogP contribution is 2.28. The van der Waals surface area contributed by atoms with E-state index in [0.717, 1.165) is 16.0 Å². The molecule has 5 heteroatoms. The van der Waals surface area contributed by atoms with Crippen LogP contribution in [0.15, 0.2) is 18.3 Å². The minimum Gasteiger partial charge on any atom is -0.618 e. The summed E-state index contributed by atoms with van der Waals surface area (Å²) in [6.07, 6.45) is 1.73. The van der Waals surface area contributed by atoms with E-state index in [-0.39, 0.29) is 12.1 Å². The molecule has 1 atom stereocenters. The number of carbonyl (C=O) groups excluding carboxylic acids is 1. The van der Waals surface area contributed by atoms with Gasteiger partial charge in [-0.3, -0.25) is 0 Å². The lowest BCUT2D eigenvalue weighted by atomic mass is 9.98. The fourth-order valence-electron chi connectivity index (χ4n) is 2.33. The second-order valence-corrected chi connectivity index (χ2v) is 5.84. The van der Waals surface area contributed by atoms with Crippen molar-refractivity contribution in [1.29, 1.82) is 0 Å². The lowest BCUT2D eigenvalue weighted by molar-refractivity contribution is -0.615. The predicted octanol–water partition coefficient (Wildman–Crippen LogP) is 2.17. The fraction of sp³-hybridized carbons (Fsp3) is 0.571. The average molecular weight is 264 g/mol. The van der Waals surface area contributed by atoms with Crippen molar-refractivity contribution in [2.45, 2.75) is 45.8 Å². The van der Waals surface area contributed by atoms with E-state index in [0.29, 0.717) is 13.0 Å². The van der Waals surface area contributed by atoms with E-state index in [4.69, 9.17) is 4.74 Å². The van der Waals surface area contributed by atoms with Gasteiger partial charge in [0.1, 0.15) is 5.60 Å². The molecule has 0 radical (unpaired) electrons. The van der Waals surface area contributed by atoms with Gasteiger partial charge in [0.05, 0.1) is 12.5 Å². The van der Waals surface area contributed by atoms with Crippen molar-refractivity contribution in [3.63, 3.8) is 0 Å². The Hall–Kier alpha value is -1.78. The van der Waals surface area contributed by atoms with E-state index in [1.165, 1.54) is 6.20 Å². The van der Waals surface area contributed by atoms with E-state index in [2.05, 4.69) is 0 Å². The molecule has 19 heavy (non-hydrogen) atoms. The summed E-state index contributed by atoms with van der Waals surface area (Å²) in [6, 6.07) is 3.46. The summed E-state index contributed by atoms with van der Waals surface area (Å²) in [5.74, 6) is 0. The van der Waals surface area contributed by atoms with E-state index in [1.807, 2.05) is 33.8 Å². The van der Waals surface area contributed by atoms with Gasteiger partial charge in [0, 0.05) is 18.2 Å². The molecule has 5 nitrogen and oxygen atoms in total. The van der Waals surface area contributed by atoms with Gasteiger partial charge in [-0.2, -0.15) is 4.73 Å². The van der Waals surface area contributed by atoms with Crippen LogP contribution in [0.1, 0.15) is 45.0 Å². The van der Waals surface area contributed by atoms with Gasteiger partial charge in [-0.25, -0.2) is 4.79 Å². The van der Waals surface area contributed by atoms with E-state index in [9.17, 15) is 10.0 Å². The van der Waals surface area contributed by atoms with Crippen molar-refractivity contribution < 1.29 is 14.3 Å². The molecule has 0 aliphatic carbocycles. The molecular formula is C14H20N2O3. The molecular weight excluding hydrogens is 244 g/mol. The Morgan fingerprint density at radius 3 is 2.84 bits per heavy atom. The number of rotatable bonds is 0. The molecule has 0 N–H and O–H groups in total. The number of hydrogen-bond acceptors (Lipinski definition) is 3. The van der Waals surface area contributed by atoms with Gasteiger partial charge in [0.25, 0.3) is 0 Å². The van der Waals surface area contributed by atoms with E-state index in [1.54, 1.807) is 11.0 Å². The Morgan fingerprint density at radius 2 is 2.21 bits per heavy atom. The number of carbonyl (C=O) groups is 1. The molecule has 0 fully saturated rings. The Bertz CT molecular complexity index is 494. The Morgan fingerprint density at radius 1 is 1.53 bits per heavy atom. The van der Waals surface area contributed by atoms with Crippen LogP contribution in [0.3, 0.4) is 0 Å². The number of aromatic nitrogens is 1. The maximum atomic E-state index is 12.1. The van der Waals surface area contributed by atoms with E-state index >= 15 is 0 Å². The summed E-state index contributed by atoms with van der Waals surface area (Å²) >= 11 is 0. The van der Waals surface area contributed by atoms with Gasteiger partial charge >= 0.3 is 6.09 Å². The molecule has 2 rings (SSSR count). The van der Waals surface area contributed by atoms with Crippen LogP contribution in [0.25, 0.3) is 0 Å². The summed E-state index contributed by atoms with van der Waals surface area (Å²) < 4.78 is 6.28. The second kappa shape index (κ2) is 4.72. The minimum atomic E-state index is -0.508. The molecule has 1 aromatic rings. The highest BCUT2D eigenvalue weighted by Gasteiger charge is 2.34. The Balaban J connectivity index is 2.22. The fourth-order valence-corrected chi connectivity index (χ4v) is 2.33. The van der Waals surface area contributed by atoms with Crippen LogP contribution in [0.4, 0.5) is 4.79 Å². The normalized spacial score (nSPS) is 18.9. The number of hydrogen-bond donors (Lipinski definition) is 0. The van der Waals surface area contributed by atoms with Crippen LogP contribution in [-0.2, 0) is 11.2 Å². The summed E-state index contributed by atoms with van der Waals surface area (Å²) in [4.78, 5) is 13.8. The number of nitrogens with zero attached hydrogens (tertiary/aromatic N) is 2. The maximum absolute atomic E-state index is 12.1. The third-order valence-corrected chi connectivity index (χ3v) is 3.23. The van der Waals surface area contributed by atoms with Gasteiger partial charge in [-0.1, -0.05) is 0 Å². The summed E-state index contributed by atoms with van der Waals surface area (Å²) in [5, 5.41) is 11.7. The van der Waals surface area contributed by atoms with Crippen LogP contribution in [0, 0.1) is 5.21 Å². The number of amides is 1. The lowest BCUT2D eigenvalue weighted by Gasteiger charge is -2.35. The predicted molar refractivity (Wildman–Crippen MR) is 70.5 cm³/mol. The molecule has 0 saturated carbocycles. The van der Waals surface area contributed by atoms with Crippen molar-refractivity contribution in [3.05, 3.63) is 34.8 Å². The molecule has 0 spiro atoms. The van der Waals surface area contributed by atoms with Gasteiger partial charge in [0.2, 0.25) is 0 Å². The molecule has 2 heterocycles. The van der Waals surface area contributed by atoms with Gasteiger partial charge in [-0.05, 0) is 33.8 Å². The summed E-state index contributed by atoms with van der Waals surface area (Å²) in [6.45, 7) is 7.97. The van der Waals surface area contributed by atoms with Crippen LogP contribution in [0.2, 0.25) is 0 Å². The summed E-state index contributed by atoms with van der Waals surface area (Å²) in [7, 11) is 0. The molecule has 1 aromatic heterocycles. The lowest BCUT2D eigenvalue weighted by Crippen LogP contribution is -2.46. The van der Waals surface area contributed by atoms with Crippen molar-refractivity contribution >= 4 is 6.09 Å². The van der Waals surface area contributed by atoms with Crippen molar-refractivity contribution in [3.8, 4) is 0 Å². The average Bonchev–Trinajstić information content (AvgIpc) is 2.28. The molecule has 1 aliphatic heterocycles. The van der Waals surface area contributed by atoms with Crippen LogP contribution >= 0.6 is 0 Å². The molecule has 0 saturated heterocycles. The van der Waals surface area contributed by atoms with Crippen LogP contribution in [0.5, 0.6) is 0 Å². The minimum absolute atomic E-state index is 0.139.